The van der Waals surface area contributed by atoms with Gasteiger partial charge in [-0.15, -0.1) is 11.3 Å². The third kappa shape index (κ3) is 5.89. The molecule has 0 radical (unpaired) electrons. The van der Waals surface area contributed by atoms with Crippen LogP contribution >= 0.6 is 22.9 Å². The van der Waals surface area contributed by atoms with E-state index in [0.29, 0.717) is 40.4 Å². The molecule has 7 nitrogen and oxygen atoms in total. The zero-order valence-corrected chi connectivity index (χ0v) is 16.3. The lowest BCUT2D eigenvalue weighted by molar-refractivity contribution is -0.145. The Hall–Kier alpha value is -2.32. The number of benzene rings is 1. The minimum absolute atomic E-state index is 0.220. The summed E-state index contributed by atoms with van der Waals surface area (Å²) in [4.78, 5) is 15.7. The van der Waals surface area contributed by atoms with Gasteiger partial charge in [0.15, 0.2) is 18.1 Å². The van der Waals surface area contributed by atoms with Crippen molar-refractivity contribution in [3.63, 3.8) is 0 Å². The molecule has 0 aliphatic heterocycles. The summed E-state index contributed by atoms with van der Waals surface area (Å²) >= 11 is 7.74. The molecule has 0 amide bonds. The van der Waals surface area contributed by atoms with Crippen molar-refractivity contribution in [2.75, 3.05) is 25.2 Å². The van der Waals surface area contributed by atoms with Crippen LogP contribution in [-0.2, 0) is 9.53 Å². The zero-order chi connectivity index (χ0) is 18.9. The van der Waals surface area contributed by atoms with Crippen molar-refractivity contribution >= 4 is 40.3 Å². The van der Waals surface area contributed by atoms with E-state index in [1.54, 1.807) is 25.3 Å². The second-order valence-corrected chi connectivity index (χ2v) is 6.28. The molecule has 0 saturated carbocycles. The summed E-state index contributed by atoms with van der Waals surface area (Å²) in [6.07, 6.45) is 1.57. The number of aryl methyl sites for hydroxylation is 1. The minimum atomic E-state index is -0.459. The maximum Gasteiger partial charge on any atom is 0.344 e. The molecule has 1 aromatic carbocycles. The molecule has 0 bridgehead atoms. The molecule has 0 spiro atoms. The predicted molar refractivity (Wildman–Crippen MR) is 103 cm³/mol. The van der Waals surface area contributed by atoms with Crippen LogP contribution in [0, 0.1) is 6.92 Å². The van der Waals surface area contributed by atoms with E-state index in [4.69, 9.17) is 25.8 Å². The molecule has 26 heavy (non-hydrogen) atoms. The van der Waals surface area contributed by atoms with E-state index in [9.17, 15) is 4.79 Å². The number of halogens is 1. The highest BCUT2D eigenvalue weighted by Crippen LogP contribution is 2.33. The first-order valence-corrected chi connectivity index (χ1v) is 9.25. The van der Waals surface area contributed by atoms with E-state index in [0.717, 1.165) is 5.69 Å². The molecule has 1 aromatic heterocycles. The van der Waals surface area contributed by atoms with Gasteiger partial charge < -0.3 is 14.2 Å². The molecule has 0 fully saturated rings. The summed E-state index contributed by atoms with van der Waals surface area (Å²) in [6.45, 7) is 6.00. The Bertz CT molecular complexity index is 779. The van der Waals surface area contributed by atoms with Crippen LogP contribution in [0.2, 0.25) is 5.02 Å². The monoisotopic (exact) mass is 397 g/mol. The Morgan fingerprint density at radius 1 is 1.31 bits per heavy atom. The average molecular weight is 398 g/mol. The Balaban J connectivity index is 2.12. The van der Waals surface area contributed by atoms with E-state index in [2.05, 4.69) is 15.5 Å². The van der Waals surface area contributed by atoms with Gasteiger partial charge in [0, 0.05) is 17.0 Å². The van der Waals surface area contributed by atoms with Crippen molar-refractivity contribution in [3.05, 3.63) is 33.8 Å². The predicted octanol–water partition coefficient (Wildman–Crippen LogP) is 3.89. The lowest BCUT2D eigenvalue weighted by Crippen LogP contribution is -2.15. The average Bonchev–Trinajstić information content (AvgIpc) is 3.01. The van der Waals surface area contributed by atoms with E-state index in [1.165, 1.54) is 11.3 Å². The zero-order valence-electron chi connectivity index (χ0n) is 14.7. The molecule has 2 rings (SSSR count). The molecular weight excluding hydrogens is 378 g/mol. The van der Waals surface area contributed by atoms with Crippen LogP contribution in [0.15, 0.2) is 22.6 Å². The second-order valence-electron chi connectivity index (χ2n) is 5.01. The Morgan fingerprint density at radius 3 is 2.73 bits per heavy atom. The number of hydrazone groups is 1. The Labute approximate surface area is 160 Å². The smallest absolute Gasteiger partial charge is 0.344 e. The highest BCUT2D eigenvalue weighted by Gasteiger charge is 2.12. The number of carbonyl (C=O) groups is 1. The van der Waals surface area contributed by atoms with Crippen molar-refractivity contribution < 1.29 is 19.0 Å². The topological polar surface area (TPSA) is 82.0 Å². The standard InChI is InChI=1S/C17H20ClN3O4S/c1-4-23-14-6-12(8-19-21-17-20-11(3)10-26-17)13(18)7-15(14)25-9-16(22)24-5-2/h6-8,10H,4-5,9H2,1-3H3,(H,20,21). The molecule has 1 N–H and O–H groups in total. The van der Waals surface area contributed by atoms with Gasteiger partial charge in [0.05, 0.1) is 30.1 Å². The third-order valence-corrected chi connectivity index (χ3v) is 4.19. The Kier molecular flexibility index (Phi) is 7.68. The van der Waals surface area contributed by atoms with Crippen LogP contribution in [-0.4, -0.2) is 37.0 Å². The van der Waals surface area contributed by atoms with Gasteiger partial charge in [-0.25, -0.2) is 9.78 Å². The molecule has 9 heteroatoms. The number of carbonyl (C=O) groups excluding carboxylic acids is 1. The van der Waals surface area contributed by atoms with Crippen molar-refractivity contribution in [2.45, 2.75) is 20.8 Å². The van der Waals surface area contributed by atoms with Gasteiger partial charge >= 0.3 is 5.97 Å². The van der Waals surface area contributed by atoms with Gasteiger partial charge in [0.2, 0.25) is 5.13 Å². The second kappa shape index (κ2) is 9.98. The molecule has 0 atom stereocenters. The number of nitrogens with one attached hydrogen (secondary N) is 1. The van der Waals surface area contributed by atoms with Crippen LogP contribution in [0.1, 0.15) is 25.1 Å². The normalized spacial score (nSPS) is 10.8. The molecule has 0 unspecified atom stereocenters. The van der Waals surface area contributed by atoms with Crippen molar-refractivity contribution in [1.82, 2.24) is 4.98 Å². The van der Waals surface area contributed by atoms with Gasteiger partial charge in [0.1, 0.15) is 0 Å². The molecule has 1 heterocycles. The third-order valence-electron chi connectivity index (χ3n) is 3.00. The fraction of sp³-hybridized carbons (Fsp3) is 0.353. The Morgan fingerprint density at radius 2 is 2.08 bits per heavy atom. The van der Waals surface area contributed by atoms with Crippen LogP contribution < -0.4 is 14.9 Å². The summed E-state index contributed by atoms with van der Waals surface area (Å²) < 4.78 is 15.9. The van der Waals surface area contributed by atoms with Gasteiger partial charge in [-0.1, -0.05) is 11.6 Å². The van der Waals surface area contributed by atoms with E-state index < -0.39 is 5.97 Å². The van der Waals surface area contributed by atoms with Gasteiger partial charge in [-0.05, 0) is 26.8 Å². The minimum Gasteiger partial charge on any atom is -0.490 e. The quantitative estimate of drug-likeness (QED) is 0.392. The summed E-state index contributed by atoms with van der Waals surface area (Å²) in [7, 11) is 0. The van der Waals surface area contributed by atoms with E-state index >= 15 is 0 Å². The lowest BCUT2D eigenvalue weighted by Gasteiger charge is -2.13. The first kappa shape index (κ1) is 20.0. The van der Waals surface area contributed by atoms with Gasteiger partial charge in [-0.2, -0.15) is 5.10 Å². The molecule has 0 aliphatic rings. The largest absolute Gasteiger partial charge is 0.490 e. The van der Waals surface area contributed by atoms with Crippen molar-refractivity contribution in [3.8, 4) is 11.5 Å². The molecule has 2 aromatic rings. The van der Waals surface area contributed by atoms with Crippen LogP contribution in [0.4, 0.5) is 5.13 Å². The SMILES string of the molecule is CCOC(=O)COc1cc(Cl)c(C=NNc2nc(C)cs2)cc1OCC. The van der Waals surface area contributed by atoms with Crippen LogP contribution in [0.5, 0.6) is 11.5 Å². The van der Waals surface area contributed by atoms with Gasteiger partial charge in [-0.3, -0.25) is 5.43 Å². The highest BCUT2D eigenvalue weighted by atomic mass is 35.5. The number of esters is 1. The molecule has 0 aliphatic carbocycles. The number of ether oxygens (including phenoxy) is 3. The maximum atomic E-state index is 11.5. The maximum absolute atomic E-state index is 11.5. The fourth-order valence-corrected chi connectivity index (χ4v) is 2.77. The fourth-order valence-electron chi connectivity index (χ4n) is 1.93. The summed E-state index contributed by atoms with van der Waals surface area (Å²) in [5, 5.41) is 7.16. The van der Waals surface area contributed by atoms with Crippen LogP contribution in [0.25, 0.3) is 0 Å². The number of hydrogen-bond donors (Lipinski definition) is 1. The number of rotatable bonds is 9. The number of anilines is 1. The number of thiazole rings is 1. The summed E-state index contributed by atoms with van der Waals surface area (Å²) in [5.41, 5.74) is 4.41. The number of hydrogen-bond acceptors (Lipinski definition) is 8. The van der Waals surface area contributed by atoms with E-state index in [-0.39, 0.29) is 6.61 Å². The first-order valence-electron chi connectivity index (χ1n) is 7.99. The van der Waals surface area contributed by atoms with Crippen molar-refractivity contribution in [2.24, 2.45) is 5.10 Å². The van der Waals surface area contributed by atoms with Crippen LogP contribution in [0.3, 0.4) is 0 Å². The van der Waals surface area contributed by atoms with Gasteiger partial charge in [0.25, 0.3) is 0 Å². The lowest BCUT2D eigenvalue weighted by atomic mass is 10.2. The number of aromatic nitrogens is 1. The number of nitrogens with zero attached hydrogens (tertiary/aromatic N) is 2. The summed E-state index contributed by atoms with van der Waals surface area (Å²) in [6, 6.07) is 3.28. The van der Waals surface area contributed by atoms with Crippen molar-refractivity contribution in [1.29, 1.82) is 0 Å². The first-order chi connectivity index (χ1) is 12.5. The summed E-state index contributed by atoms with van der Waals surface area (Å²) in [5.74, 6) is 0.373. The molecule has 0 saturated heterocycles. The molecule has 140 valence electrons. The molecular formula is C17H20ClN3O4S. The highest BCUT2D eigenvalue weighted by molar-refractivity contribution is 7.13. The van der Waals surface area contributed by atoms with E-state index in [1.807, 2.05) is 19.2 Å².